The summed E-state index contributed by atoms with van der Waals surface area (Å²) in [6, 6.07) is 0.184. The van der Waals surface area contributed by atoms with Crippen LogP contribution in [0, 0.1) is 5.92 Å². The Morgan fingerprint density at radius 2 is 2.14 bits per heavy atom. The second-order valence-corrected chi connectivity index (χ2v) is 6.33. The first-order valence-electron chi connectivity index (χ1n) is 5.78. The largest absolute Gasteiger partial charge is 0.327 e. The normalized spacial score (nSPS) is 35.5. The fourth-order valence-electron chi connectivity index (χ4n) is 2.09. The Labute approximate surface area is 90.1 Å². The average Bonchev–Trinajstić information content (AvgIpc) is 2.18. The lowest BCUT2D eigenvalue weighted by molar-refractivity contribution is 0.353. The Bertz CT molecular complexity index is 196. The predicted octanol–water partition coefficient (Wildman–Crippen LogP) is 2.05. The summed E-state index contributed by atoms with van der Waals surface area (Å²) >= 11 is 0. The SMILES string of the molecule is CCCCS(=O)C1CC(C)CCC1N. The molecule has 1 aliphatic carbocycles. The molecule has 1 fully saturated rings. The van der Waals surface area contributed by atoms with Crippen LogP contribution in [0.1, 0.15) is 46.0 Å². The van der Waals surface area contributed by atoms with Gasteiger partial charge in [0.2, 0.25) is 0 Å². The van der Waals surface area contributed by atoms with Crippen LogP contribution in [0.25, 0.3) is 0 Å². The molecular formula is C11H23NOS. The summed E-state index contributed by atoms with van der Waals surface area (Å²) in [6.07, 6.45) is 5.54. The molecule has 0 aliphatic heterocycles. The van der Waals surface area contributed by atoms with Crippen LogP contribution in [0.15, 0.2) is 0 Å². The first-order chi connectivity index (χ1) is 6.65. The first kappa shape index (κ1) is 12.2. The maximum absolute atomic E-state index is 11.9. The topological polar surface area (TPSA) is 43.1 Å². The van der Waals surface area contributed by atoms with Crippen LogP contribution in [0.3, 0.4) is 0 Å². The molecule has 84 valence electrons. The van der Waals surface area contributed by atoms with E-state index in [4.69, 9.17) is 5.73 Å². The molecule has 0 heterocycles. The van der Waals surface area contributed by atoms with E-state index in [0.717, 1.165) is 31.4 Å². The molecular weight excluding hydrogens is 194 g/mol. The van der Waals surface area contributed by atoms with Gasteiger partial charge in [-0.1, -0.05) is 20.3 Å². The molecule has 14 heavy (non-hydrogen) atoms. The Balaban J connectivity index is 2.43. The maximum Gasteiger partial charge on any atom is 0.0501 e. The summed E-state index contributed by atoms with van der Waals surface area (Å²) in [5.41, 5.74) is 6.02. The summed E-state index contributed by atoms with van der Waals surface area (Å²) in [6.45, 7) is 4.39. The molecule has 1 saturated carbocycles. The lowest BCUT2D eigenvalue weighted by atomic mass is 9.87. The molecule has 0 amide bonds. The van der Waals surface area contributed by atoms with E-state index in [0.29, 0.717) is 5.92 Å². The Hall–Kier alpha value is 0.110. The van der Waals surface area contributed by atoms with Gasteiger partial charge in [0.1, 0.15) is 0 Å². The van der Waals surface area contributed by atoms with Gasteiger partial charge in [-0.25, -0.2) is 0 Å². The zero-order valence-corrected chi connectivity index (χ0v) is 10.2. The van der Waals surface area contributed by atoms with E-state index in [9.17, 15) is 4.21 Å². The highest BCUT2D eigenvalue weighted by Crippen LogP contribution is 2.26. The predicted molar refractivity (Wildman–Crippen MR) is 62.7 cm³/mol. The molecule has 1 rings (SSSR count). The van der Waals surface area contributed by atoms with Crippen LogP contribution in [0.2, 0.25) is 0 Å². The summed E-state index contributed by atoms with van der Waals surface area (Å²) in [7, 11) is -0.682. The third-order valence-electron chi connectivity index (χ3n) is 3.14. The van der Waals surface area contributed by atoms with Gasteiger partial charge in [0.15, 0.2) is 0 Å². The van der Waals surface area contributed by atoms with Gasteiger partial charge >= 0.3 is 0 Å². The molecule has 1 aliphatic rings. The van der Waals surface area contributed by atoms with Crippen LogP contribution in [-0.4, -0.2) is 21.3 Å². The quantitative estimate of drug-likeness (QED) is 0.783. The molecule has 4 atom stereocenters. The van der Waals surface area contributed by atoms with Gasteiger partial charge in [-0.2, -0.15) is 0 Å². The van der Waals surface area contributed by atoms with Gasteiger partial charge in [-0.15, -0.1) is 0 Å². The zero-order valence-electron chi connectivity index (χ0n) is 9.37. The van der Waals surface area contributed by atoms with Crippen molar-refractivity contribution in [1.29, 1.82) is 0 Å². The average molecular weight is 217 g/mol. The molecule has 4 unspecified atom stereocenters. The highest BCUT2D eigenvalue weighted by Gasteiger charge is 2.29. The maximum atomic E-state index is 11.9. The fraction of sp³-hybridized carbons (Fsp3) is 1.00. The second kappa shape index (κ2) is 5.86. The standard InChI is InChI=1S/C11H23NOS/c1-3-4-7-14(13)11-8-9(2)5-6-10(11)12/h9-11H,3-8,12H2,1-2H3. The van der Waals surface area contributed by atoms with Crippen molar-refractivity contribution in [2.45, 2.75) is 57.2 Å². The van der Waals surface area contributed by atoms with E-state index in [-0.39, 0.29) is 11.3 Å². The number of hydrogen-bond donors (Lipinski definition) is 1. The van der Waals surface area contributed by atoms with E-state index < -0.39 is 10.8 Å². The molecule has 2 nitrogen and oxygen atoms in total. The summed E-state index contributed by atoms with van der Waals surface area (Å²) in [4.78, 5) is 0. The summed E-state index contributed by atoms with van der Waals surface area (Å²) in [5.74, 6) is 1.56. The number of hydrogen-bond acceptors (Lipinski definition) is 2. The van der Waals surface area contributed by atoms with Crippen molar-refractivity contribution in [3.8, 4) is 0 Å². The van der Waals surface area contributed by atoms with E-state index >= 15 is 0 Å². The van der Waals surface area contributed by atoms with Gasteiger partial charge in [0.25, 0.3) is 0 Å². The van der Waals surface area contributed by atoms with Gasteiger partial charge in [0.05, 0.1) is 5.25 Å². The third kappa shape index (κ3) is 3.35. The molecule has 0 aromatic rings. The van der Waals surface area contributed by atoms with Gasteiger partial charge in [-0.3, -0.25) is 4.21 Å². The molecule has 0 aromatic carbocycles. The fourth-order valence-corrected chi connectivity index (χ4v) is 4.04. The highest BCUT2D eigenvalue weighted by atomic mass is 32.2. The first-order valence-corrected chi connectivity index (χ1v) is 7.16. The minimum Gasteiger partial charge on any atom is -0.327 e. The number of rotatable bonds is 4. The molecule has 0 saturated heterocycles. The van der Waals surface area contributed by atoms with E-state index in [1.807, 2.05) is 0 Å². The molecule has 2 N–H and O–H groups in total. The third-order valence-corrected chi connectivity index (χ3v) is 5.05. The summed E-state index contributed by atoms with van der Waals surface area (Å²) < 4.78 is 11.9. The van der Waals surface area contributed by atoms with Gasteiger partial charge in [0, 0.05) is 22.6 Å². The zero-order chi connectivity index (χ0) is 10.6. The summed E-state index contributed by atoms with van der Waals surface area (Å²) in [5, 5.41) is 0.269. The van der Waals surface area contributed by atoms with Crippen molar-refractivity contribution in [1.82, 2.24) is 0 Å². The number of unbranched alkanes of at least 4 members (excludes halogenated alkanes) is 1. The van der Waals surface area contributed by atoms with Crippen molar-refractivity contribution >= 4 is 10.8 Å². The number of nitrogens with two attached hydrogens (primary N) is 1. The lowest BCUT2D eigenvalue weighted by Crippen LogP contribution is -2.43. The molecule has 0 bridgehead atoms. The van der Waals surface area contributed by atoms with E-state index in [1.165, 1.54) is 6.42 Å². The van der Waals surface area contributed by atoms with Crippen molar-refractivity contribution in [3.05, 3.63) is 0 Å². The van der Waals surface area contributed by atoms with Crippen LogP contribution in [0.5, 0.6) is 0 Å². The van der Waals surface area contributed by atoms with Crippen LogP contribution < -0.4 is 5.73 Å². The second-order valence-electron chi connectivity index (χ2n) is 4.56. The Morgan fingerprint density at radius 1 is 1.43 bits per heavy atom. The van der Waals surface area contributed by atoms with Crippen molar-refractivity contribution < 1.29 is 4.21 Å². The smallest absolute Gasteiger partial charge is 0.0501 e. The molecule has 0 aromatic heterocycles. The molecule has 3 heteroatoms. The molecule has 0 radical (unpaired) electrons. The van der Waals surface area contributed by atoms with Crippen molar-refractivity contribution in [3.63, 3.8) is 0 Å². The lowest BCUT2D eigenvalue weighted by Gasteiger charge is -2.31. The van der Waals surface area contributed by atoms with Gasteiger partial charge in [-0.05, 0) is 31.6 Å². The van der Waals surface area contributed by atoms with Crippen LogP contribution in [-0.2, 0) is 10.8 Å². The minimum atomic E-state index is -0.682. The highest BCUT2D eigenvalue weighted by molar-refractivity contribution is 7.85. The van der Waals surface area contributed by atoms with Gasteiger partial charge < -0.3 is 5.73 Å². The minimum absolute atomic E-state index is 0.184. The van der Waals surface area contributed by atoms with Crippen molar-refractivity contribution in [2.24, 2.45) is 11.7 Å². The Kier molecular flexibility index (Phi) is 5.10. The van der Waals surface area contributed by atoms with Crippen LogP contribution in [0.4, 0.5) is 0 Å². The van der Waals surface area contributed by atoms with Crippen molar-refractivity contribution in [2.75, 3.05) is 5.75 Å². The van der Waals surface area contributed by atoms with E-state index in [2.05, 4.69) is 13.8 Å². The molecule has 0 spiro atoms. The monoisotopic (exact) mass is 217 g/mol. The Morgan fingerprint density at radius 3 is 2.79 bits per heavy atom. The van der Waals surface area contributed by atoms with Crippen LogP contribution >= 0.6 is 0 Å². The van der Waals surface area contributed by atoms with E-state index in [1.54, 1.807) is 0 Å².